The van der Waals surface area contributed by atoms with Crippen molar-refractivity contribution in [3.63, 3.8) is 0 Å². The molecule has 0 aromatic heterocycles. The third kappa shape index (κ3) is 26.9. The van der Waals surface area contributed by atoms with Crippen molar-refractivity contribution in [2.45, 2.75) is 171 Å². The van der Waals surface area contributed by atoms with E-state index in [1.165, 1.54) is 24.3 Å². The number of carboxylic acids is 4. The first-order valence-electron chi connectivity index (χ1n) is 27.7. The first-order valence-corrected chi connectivity index (χ1v) is 27.7. The van der Waals surface area contributed by atoms with E-state index in [2.05, 4.69) is 47.2 Å². The van der Waals surface area contributed by atoms with Crippen molar-refractivity contribution in [3.05, 3.63) is 29.8 Å². The standard InChI is InChI=1S/C52H84N16O17/c1-3-27(2)41(67-42(76)30(54)9-4-5-21-53)48(82)63-31(10-6-22-59-51(55)56)43(77)61-32(17-19-38(70)71)44(78)62-33(18-20-39(72)73)45(79)66-36(25-28-13-15-29(69)16-14-28)49(83)68-24-8-12-37(68)47(81)65-35(26-40(74)75)46(80)64-34(50(84)85)11-7-23-60-52(57)58/h13-16,27,30-37,41,69H,3-12,17-26,53-54H2,1-2H3,(H,61,77)(H,62,78)(H,63,82)(H,64,80)(H,65,81)(H,66,79)(H,67,76)(H,70,71)(H,72,73)(H,74,75)(H,84,85)(H4,55,56,59)(H4,57,58,60)/t27-,30-,31-,32-,33-,34-,35-,36-,37-,41-/m0/s1. The lowest BCUT2D eigenvalue weighted by molar-refractivity contribution is -0.145. The van der Waals surface area contributed by atoms with E-state index >= 15 is 0 Å². The highest BCUT2D eigenvalue weighted by Crippen LogP contribution is 2.22. The maximum absolute atomic E-state index is 14.7. The first kappa shape index (κ1) is 72.2. The fraction of sp³-hybridized carbons (Fsp3) is 0.615. The summed E-state index contributed by atoms with van der Waals surface area (Å²) in [6, 6.07) is -8.52. The number of aliphatic carboxylic acids is 4. The van der Waals surface area contributed by atoms with Gasteiger partial charge in [-0.2, -0.15) is 0 Å². The number of carbonyl (C=O) groups excluding carboxylic acids is 8. The summed E-state index contributed by atoms with van der Waals surface area (Å²) in [6.07, 6.45) is -2.56. The van der Waals surface area contributed by atoms with Crippen molar-refractivity contribution in [3.8, 4) is 5.75 Å². The van der Waals surface area contributed by atoms with Crippen molar-refractivity contribution in [1.29, 1.82) is 0 Å². The van der Waals surface area contributed by atoms with Gasteiger partial charge in [0.05, 0.1) is 12.5 Å². The van der Waals surface area contributed by atoms with Crippen molar-refractivity contribution >= 4 is 83.1 Å². The maximum atomic E-state index is 14.7. The lowest BCUT2D eigenvalue weighted by atomic mass is 9.96. The molecular formula is C52H84N16O17. The predicted octanol–water partition coefficient (Wildman–Crippen LogP) is -4.78. The predicted molar refractivity (Wildman–Crippen MR) is 304 cm³/mol. The van der Waals surface area contributed by atoms with Crippen LogP contribution >= 0.6 is 0 Å². The van der Waals surface area contributed by atoms with Crippen LogP contribution in [0.1, 0.15) is 116 Å². The van der Waals surface area contributed by atoms with Crippen molar-refractivity contribution in [2.75, 3.05) is 26.2 Å². The van der Waals surface area contributed by atoms with Crippen LogP contribution in [0, 0.1) is 5.92 Å². The monoisotopic (exact) mass is 1200 g/mol. The molecule has 1 aromatic rings. The summed E-state index contributed by atoms with van der Waals surface area (Å²) in [7, 11) is 0. The molecular weight excluding hydrogens is 1120 g/mol. The van der Waals surface area contributed by atoms with E-state index in [0.29, 0.717) is 31.4 Å². The molecule has 33 nitrogen and oxygen atoms in total. The minimum absolute atomic E-state index is 0.00295. The second kappa shape index (κ2) is 37.3. The molecule has 0 unspecified atom stereocenters. The molecule has 33 heteroatoms. The van der Waals surface area contributed by atoms with Gasteiger partial charge in [0.15, 0.2) is 11.9 Å². The van der Waals surface area contributed by atoms with Crippen LogP contribution in [0.2, 0.25) is 0 Å². The summed E-state index contributed by atoms with van der Waals surface area (Å²) >= 11 is 0. The smallest absolute Gasteiger partial charge is 0.326 e. The van der Waals surface area contributed by atoms with Crippen LogP contribution in [0.3, 0.4) is 0 Å². The topological polar surface area (TPSA) is 574 Å². The molecule has 1 saturated heterocycles. The number of amides is 8. The summed E-state index contributed by atoms with van der Waals surface area (Å²) in [6.45, 7) is 3.62. The highest BCUT2D eigenvalue weighted by Gasteiger charge is 2.41. The second-order valence-corrected chi connectivity index (χ2v) is 20.4. The molecule has 1 heterocycles. The fourth-order valence-electron chi connectivity index (χ4n) is 8.78. The lowest BCUT2D eigenvalue weighted by Crippen LogP contribution is -2.61. The number of unbranched alkanes of at least 4 members (excludes halogenated alkanes) is 1. The molecule has 0 saturated carbocycles. The summed E-state index contributed by atoms with van der Waals surface area (Å²) < 4.78 is 0. The number of phenols is 1. The number of aliphatic imine (C=N–C) groups is 2. The lowest BCUT2D eigenvalue weighted by Gasteiger charge is -2.31. The van der Waals surface area contributed by atoms with Gasteiger partial charge >= 0.3 is 23.9 Å². The van der Waals surface area contributed by atoms with Crippen molar-refractivity contribution in [2.24, 2.45) is 50.3 Å². The molecule has 10 atom stereocenters. The number of aromatic hydroxyl groups is 1. The Kier molecular flexibility index (Phi) is 31.7. The fourth-order valence-corrected chi connectivity index (χ4v) is 8.78. The first-order chi connectivity index (χ1) is 40.1. The van der Waals surface area contributed by atoms with Crippen molar-refractivity contribution in [1.82, 2.24) is 42.1 Å². The molecule has 1 fully saturated rings. The van der Waals surface area contributed by atoms with Gasteiger partial charge in [-0.25, -0.2) is 4.79 Å². The quantitative estimate of drug-likeness (QED) is 0.0167. The number of nitrogens with zero attached hydrogens (tertiary/aromatic N) is 3. The molecule has 474 valence electrons. The number of carboxylic acid groups (broad SMARTS) is 4. The average molecular weight is 1210 g/mol. The van der Waals surface area contributed by atoms with Gasteiger partial charge in [-0.15, -0.1) is 0 Å². The number of nitrogens with one attached hydrogen (secondary N) is 7. The number of benzene rings is 1. The Morgan fingerprint density at radius 1 is 0.588 bits per heavy atom. The van der Waals surface area contributed by atoms with Crippen molar-refractivity contribution < 1.29 is 83.1 Å². The van der Waals surface area contributed by atoms with E-state index in [4.69, 9.17) is 34.4 Å². The zero-order valence-corrected chi connectivity index (χ0v) is 47.7. The second-order valence-electron chi connectivity index (χ2n) is 20.4. The van der Waals surface area contributed by atoms with E-state index in [1.807, 2.05) is 0 Å². The molecule has 0 bridgehead atoms. The van der Waals surface area contributed by atoms with E-state index in [9.17, 15) is 83.1 Å². The molecule has 85 heavy (non-hydrogen) atoms. The molecule has 0 radical (unpaired) electrons. The summed E-state index contributed by atoms with van der Waals surface area (Å²) in [5.41, 5.74) is 33.6. The zero-order chi connectivity index (χ0) is 63.9. The Labute approximate surface area is 490 Å². The van der Waals surface area contributed by atoms with Crippen LogP contribution in [0.4, 0.5) is 0 Å². The number of hydrogen-bond acceptors (Lipinski definition) is 17. The number of phenolic OH excluding ortho intramolecular Hbond substituents is 1. The Hall–Kier alpha value is -8.88. The highest BCUT2D eigenvalue weighted by molar-refractivity contribution is 5.99. The highest BCUT2D eigenvalue weighted by atomic mass is 16.4. The van der Waals surface area contributed by atoms with Gasteiger partial charge in [0, 0.05) is 38.9 Å². The number of rotatable bonds is 40. The Bertz CT molecular complexity index is 2530. The minimum Gasteiger partial charge on any atom is -0.508 e. The minimum atomic E-state index is -1.86. The number of carbonyl (C=O) groups is 12. The van der Waals surface area contributed by atoms with Gasteiger partial charge in [-0.3, -0.25) is 62.7 Å². The molecule has 1 aliphatic heterocycles. The van der Waals surface area contributed by atoms with Gasteiger partial charge in [-0.05, 0) is 94.4 Å². The number of likely N-dealkylation sites (tertiary alicyclic amines) is 1. The number of hydrogen-bond donors (Lipinski definition) is 18. The van der Waals surface area contributed by atoms with E-state index in [0.717, 1.165) is 4.90 Å². The van der Waals surface area contributed by atoms with Crippen LogP contribution in [0.5, 0.6) is 5.75 Å². The van der Waals surface area contributed by atoms with E-state index in [-0.39, 0.29) is 88.7 Å². The molecule has 1 aromatic carbocycles. The Morgan fingerprint density at radius 2 is 1.07 bits per heavy atom. The van der Waals surface area contributed by atoms with Gasteiger partial charge in [-0.1, -0.05) is 38.8 Å². The zero-order valence-electron chi connectivity index (χ0n) is 47.7. The number of nitrogens with two attached hydrogens (primary N) is 6. The van der Waals surface area contributed by atoms with Crippen LogP contribution < -0.4 is 71.6 Å². The normalized spacial score (nSPS) is 15.9. The average Bonchev–Trinajstić information content (AvgIpc) is 3.39. The molecule has 2 rings (SSSR count). The van der Waals surface area contributed by atoms with Gasteiger partial charge in [0.1, 0.15) is 54.1 Å². The Balaban J connectivity index is 2.55. The summed E-state index contributed by atoms with van der Waals surface area (Å²) in [5, 5.41) is 65.9. The maximum Gasteiger partial charge on any atom is 0.326 e. The third-order valence-corrected chi connectivity index (χ3v) is 13.6. The van der Waals surface area contributed by atoms with Gasteiger partial charge in [0.2, 0.25) is 47.3 Å². The van der Waals surface area contributed by atoms with E-state index < -0.39 is 164 Å². The van der Waals surface area contributed by atoms with Gasteiger partial charge < -0.3 is 102 Å². The molecule has 0 aliphatic carbocycles. The summed E-state index contributed by atoms with van der Waals surface area (Å²) in [4.78, 5) is 169. The summed E-state index contributed by atoms with van der Waals surface area (Å²) in [5.74, 6) is -15.2. The molecule has 24 N–H and O–H groups in total. The third-order valence-electron chi connectivity index (χ3n) is 13.6. The van der Waals surface area contributed by atoms with Crippen LogP contribution in [0.15, 0.2) is 34.3 Å². The molecule has 1 aliphatic rings. The SMILES string of the molecule is CC[C@H](C)[C@H](NC(=O)[C@@H](N)CCCCN)C(=O)N[C@@H](CCCN=C(N)N)C(=O)N[C@@H](CCC(=O)O)C(=O)N[C@@H](CCC(=O)O)C(=O)N[C@@H](Cc1ccc(O)cc1)C(=O)N1CCC[C@H]1C(=O)N[C@@H](CC(=O)O)C(=O)N[C@@H](CCCN=C(N)N)C(=O)O. The van der Waals surface area contributed by atoms with E-state index in [1.54, 1.807) is 13.8 Å². The largest absolute Gasteiger partial charge is 0.508 e. The van der Waals surface area contributed by atoms with Gasteiger partial charge in [0.25, 0.3) is 0 Å². The molecule has 0 spiro atoms. The number of guanidine groups is 2. The Morgan fingerprint density at radius 3 is 1.55 bits per heavy atom. The van der Waals surface area contributed by atoms with Crippen LogP contribution in [0.25, 0.3) is 0 Å². The molecule has 8 amide bonds. The van der Waals surface area contributed by atoms with Crippen LogP contribution in [-0.4, -0.2) is 194 Å². The van der Waals surface area contributed by atoms with Crippen LogP contribution in [-0.2, 0) is 64.0 Å².